The molecule has 4 fully saturated rings. The summed E-state index contributed by atoms with van der Waals surface area (Å²) in [6.07, 6.45) is 16.4. The number of nitrogens with two attached hydrogens (primary N) is 1. The fourth-order valence-electron chi connectivity index (χ4n) is 10.0. The van der Waals surface area contributed by atoms with Crippen LogP contribution in [0.5, 0.6) is 0 Å². The van der Waals surface area contributed by atoms with E-state index in [2.05, 4.69) is 140 Å². The zero-order valence-electron chi connectivity index (χ0n) is 60.6. The number of amides is 8. The molecule has 32 nitrogen and oxygen atoms in total. The van der Waals surface area contributed by atoms with Gasteiger partial charge in [-0.1, -0.05) is 12.1 Å². The minimum atomic E-state index is -0.832. The third-order valence-corrected chi connectivity index (χ3v) is 18.4. The maximum Gasteiger partial charge on any atom is 0.497 e. The number of nitrogens with zero attached hydrogens (tertiary/aromatic N) is 10. The van der Waals surface area contributed by atoms with Crippen molar-refractivity contribution in [2.75, 3.05) is 55.6 Å². The predicted molar refractivity (Wildman–Crippen MR) is 415 cm³/mol. The van der Waals surface area contributed by atoms with E-state index in [0.717, 1.165) is 43.5 Å². The maximum atomic E-state index is 14.9. The molecule has 584 valence electrons. The van der Waals surface area contributed by atoms with Crippen molar-refractivity contribution in [3.8, 4) is 11.1 Å². The van der Waals surface area contributed by atoms with Crippen LogP contribution >= 0.6 is 63.7 Å². The van der Waals surface area contributed by atoms with Crippen LogP contribution in [0.15, 0.2) is 165 Å². The Morgan fingerprint density at radius 2 is 1.00 bits per heavy atom. The number of cyclic esters (lactones) is 2. The lowest BCUT2D eigenvalue weighted by atomic mass is 9.78. The SMILES string of the molecule is Brc1ccc(Br)nc1.CC(=O)NC[C@H]1CN(c2ccc(-c3ccc(C(=O)NCCc4cnc[nH]4)nc3)c(F)c2)C(=O)O1.CC(=O)NC[C@H]1CN(c2ccc(B3OC(C)(C)C(C)(C)O3)c(F)c2)C(=O)O1.NCCc1cnc[nH]1.O=C(NCCc1cnc[nH]1)c1ccc(Br)cn1.O=C(ON1C(=O)CCC1=O)c1ccc(Br)cn1. The topological polar surface area (TPSA) is 421 Å². The van der Waals surface area contributed by atoms with Crippen LogP contribution in [0.1, 0.15) is 103 Å². The summed E-state index contributed by atoms with van der Waals surface area (Å²) in [5.74, 6) is -3.86. The zero-order valence-corrected chi connectivity index (χ0v) is 67.0. The average molecular weight is 1790 g/mol. The van der Waals surface area contributed by atoms with Crippen LogP contribution in [-0.4, -0.2) is 185 Å². The van der Waals surface area contributed by atoms with Gasteiger partial charge in [-0.3, -0.25) is 43.6 Å². The standard InChI is InChI=1S/C23H23FN6O4.C18H24BFN2O5.C11H11BrN4O.C10H7BrN2O4.C5H3Br2N.C5H9N3/c1-14(31)27-11-18-12-30(23(33)34-18)17-3-4-19(20(24)8-17)15-2-5-21(28-9-15)22(32)26-7-6-16-10-25-13-29-16;1-11(23)21-9-13-10-22(16(24)25-13)12-6-7-14(15(20)8-12)19-26-17(2,3)18(4,5)27-19;12-8-1-2-10(15-5-8)11(17)14-4-3-9-6-13-7-16-9;11-6-1-2-7(12-5-6)10(16)17-13-8(14)3-4-9(13)15;6-4-1-2-5(7)8-3-4;6-2-1-5-3-7-4-8-5/h2-5,8-10,13,18H,6-7,11-12H2,1H3,(H,25,29)(H,26,32)(H,27,31);6-8,13H,9-10H2,1-5H3,(H,21,23);1-2,5-7H,3-4H2,(H,13,16)(H,14,17);1-2,5H,3-4H2;1-3H;3-4H,1-2,6H2,(H,7,8)/t18-;13-;;;;/m00..../s1. The molecular formula is C72H77BBr4F2N18O14. The first-order valence-corrected chi connectivity index (χ1v) is 37.3. The number of aromatic amines is 3. The minimum absolute atomic E-state index is 0.0284. The number of anilines is 2. The van der Waals surface area contributed by atoms with Gasteiger partial charge in [-0.15, -0.1) is 5.06 Å². The number of nitrogens with one attached hydrogen (secondary N) is 7. The van der Waals surface area contributed by atoms with Gasteiger partial charge in [0.15, 0.2) is 5.69 Å². The number of benzene rings is 2. The van der Waals surface area contributed by atoms with E-state index < -0.39 is 72.1 Å². The molecule has 13 rings (SSSR count). The first-order chi connectivity index (χ1) is 52.9. The molecule has 8 amide bonds. The smallest absolute Gasteiger partial charge is 0.442 e. The number of carbonyl (C=O) groups is 9. The second-order valence-corrected chi connectivity index (χ2v) is 28.8. The molecule has 0 unspecified atom stereocenters. The molecule has 0 aliphatic carbocycles. The molecule has 7 aromatic heterocycles. The Labute approximate surface area is 669 Å². The number of pyridine rings is 4. The number of aromatic nitrogens is 10. The molecule has 0 bridgehead atoms. The van der Waals surface area contributed by atoms with Crippen LogP contribution in [0.4, 0.5) is 29.7 Å². The second kappa shape index (κ2) is 41.5. The summed E-state index contributed by atoms with van der Waals surface area (Å²) < 4.78 is 55.2. The van der Waals surface area contributed by atoms with Gasteiger partial charge in [0.1, 0.15) is 39.8 Å². The van der Waals surface area contributed by atoms with Gasteiger partial charge in [0, 0.05) is 150 Å². The Kier molecular flexibility index (Phi) is 32.1. The van der Waals surface area contributed by atoms with Crippen LogP contribution in [0.3, 0.4) is 0 Å². The molecular weight excluding hydrogens is 1710 g/mol. The van der Waals surface area contributed by atoms with Crippen molar-refractivity contribution >= 4 is 141 Å². The van der Waals surface area contributed by atoms with E-state index in [1.807, 2.05) is 39.8 Å². The monoisotopic (exact) mass is 1780 g/mol. The van der Waals surface area contributed by atoms with Gasteiger partial charge in [0.05, 0.1) is 67.7 Å². The van der Waals surface area contributed by atoms with Crippen LogP contribution in [0, 0.1) is 11.6 Å². The number of imide groups is 1. The largest absolute Gasteiger partial charge is 0.497 e. The summed E-state index contributed by atoms with van der Waals surface area (Å²) in [5, 5.41) is 11.3. The average Bonchev–Trinajstić information content (AvgIpc) is 1.63. The van der Waals surface area contributed by atoms with Crippen molar-refractivity contribution in [2.24, 2.45) is 5.73 Å². The third kappa shape index (κ3) is 26.3. The number of H-pyrrole nitrogens is 3. The van der Waals surface area contributed by atoms with Crippen molar-refractivity contribution in [3.05, 3.63) is 211 Å². The number of hydrogen-bond acceptors (Lipinski definition) is 22. The summed E-state index contributed by atoms with van der Waals surface area (Å²) in [7, 11) is -0.818. The quantitative estimate of drug-likeness (QED) is 0.0201. The number of ether oxygens (including phenoxy) is 2. The first kappa shape index (κ1) is 86.0. The van der Waals surface area contributed by atoms with Gasteiger partial charge in [-0.2, -0.15) is 0 Å². The molecule has 2 aromatic carbocycles. The Morgan fingerprint density at radius 1 is 0.559 bits per heavy atom. The Hall–Kier alpha value is -10.6. The highest BCUT2D eigenvalue weighted by molar-refractivity contribution is 9.11. The number of halogens is 6. The minimum Gasteiger partial charge on any atom is -0.442 e. The van der Waals surface area contributed by atoms with Gasteiger partial charge >= 0.3 is 25.3 Å². The van der Waals surface area contributed by atoms with Gasteiger partial charge in [0.25, 0.3) is 23.6 Å². The highest BCUT2D eigenvalue weighted by atomic mass is 79.9. The molecule has 2 atom stereocenters. The molecule has 0 saturated carbocycles. The first-order valence-electron chi connectivity index (χ1n) is 34.1. The highest BCUT2D eigenvalue weighted by Gasteiger charge is 2.52. The van der Waals surface area contributed by atoms with E-state index in [1.54, 1.807) is 98.5 Å². The van der Waals surface area contributed by atoms with E-state index in [0.29, 0.717) is 58.2 Å². The molecule has 0 radical (unpaired) electrons. The van der Waals surface area contributed by atoms with Crippen LogP contribution in [-0.2, 0) is 62.1 Å². The molecule has 11 heterocycles. The van der Waals surface area contributed by atoms with Crippen LogP contribution in [0.25, 0.3) is 11.1 Å². The molecule has 4 aliphatic heterocycles. The summed E-state index contributed by atoms with van der Waals surface area (Å²) >= 11 is 12.9. The van der Waals surface area contributed by atoms with Gasteiger partial charge in [-0.25, -0.2) is 53.1 Å². The van der Waals surface area contributed by atoms with E-state index in [1.165, 1.54) is 60.3 Å². The predicted octanol–water partition coefficient (Wildman–Crippen LogP) is 8.75. The van der Waals surface area contributed by atoms with Crippen molar-refractivity contribution in [1.82, 2.24) is 76.2 Å². The molecule has 39 heteroatoms. The molecule has 9 N–H and O–H groups in total. The second-order valence-electron chi connectivity index (χ2n) is 25.3. The van der Waals surface area contributed by atoms with E-state index >= 15 is 0 Å². The molecule has 4 aliphatic rings. The molecule has 4 saturated heterocycles. The number of hydroxylamine groups is 2. The lowest BCUT2D eigenvalue weighted by Crippen LogP contribution is -2.41. The summed E-state index contributed by atoms with van der Waals surface area (Å²) in [5.41, 5.74) is 9.57. The molecule has 111 heavy (non-hydrogen) atoms. The fraction of sp³-hybridized carbons (Fsp3) is 0.306. The van der Waals surface area contributed by atoms with E-state index in [4.69, 9.17) is 24.5 Å². The van der Waals surface area contributed by atoms with E-state index in [-0.39, 0.29) is 85.1 Å². The lowest BCUT2D eigenvalue weighted by molar-refractivity contribution is -0.172. The Bertz CT molecular complexity index is 4570. The maximum absolute atomic E-state index is 14.9. The van der Waals surface area contributed by atoms with Crippen LogP contribution in [0.2, 0.25) is 0 Å². The van der Waals surface area contributed by atoms with Gasteiger partial charge < -0.3 is 65.6 Å². The van der Waals surface area contributed by atoms with E-state index in [9.17, 15) is 51.9 Å². The van der Waals surface area contributed by atoms with Crippen molar-refractivity contribution in [1.29, 1.82) is 0 Å². The van der Waals surface area contributed by atoms with Crippen molar-refractivity contribution in [2.45, 2.75) is 97.1 Å². The third-order valence-electron chi connectivity index (χ3n) is 16.5. The van der Waals surface area contributed by atoms with Crippen molar-refractivity contribution in [3.63, 3.8) is 0 Å². The number of carbonyl (C=O) groups excluding carboxylic acids is 9. The summed E-state index contributed by atoms with van der Waals surface area (Å²) in [6.45, 7) is 12.8. The normalized spacial score (nSPS) is 15.6. The number of imidazole rings is 3. The lowest BCUT2D eigenvalue weighted by Gasteiger charge is -2.32. The summed E-state index contributed by atoms with van der Waals surface area (Å²) in [6, 6.07) is 22.3. The highest BCUT2D eigenvalue weighted by Crippen LogP contribution is 2.37. The van der Waals surface area contributed by atoms with Gasteiger partial charge in [-0.05, 0) is 171 Å². The Morgan fingerprint density at radius 3 is 1.40 bits per heavy atom. The Balaban J connectivity index is 0.000000179. The van der Waals surface area contributed by atoms with Crippen molar-refractivity contribution < 1.29 is 75.6 Å². The van der Waals surface area contributed by atoms with Crippen LogP contribution < -0.4 is 42.3 Å². The molecule has 9 aromatic rings. The number of rotatable bonds is 20. The molecule has 0 spiro atoms. The fourth-order valence-corrected chi connectivity index (χ4v) is 10.9. The van der Waals surface area contributed by atoms with Gasteiger partial charge in [0.2, 0.25) is 11.8 Å². The summed E-state index contributed by atoms with van der Waals surface area (Å²) in [4.78, 5) is 148. The zero-order chi connectivity index (χ0) is 80.4. The number of hydrogen-bond donors (Lipinski definition) is 8.